The predicted octanol–water partition coefficient (Wildman–Crippen LogP) is 1.02. The quantitative estimate of drug-likeness (QED) is 0.786. The van der Waals surface area contributed by atoms with Gasteiger partial charge in [0.25, 0.3) is 0 Å². The van der Waals surface area contributed by atoms with E-state index in [1.165, 1.54) is 5.56 Å². The number of nitrogens with zero attached hydrogens (tertiary/aromatic N) is 4. The molecule has 0 saturated heterocycles. The molecule has 1 heterocycles. The van der Waals surface area contributed by atoms with Gasteiger partial charge in [0.2, 0.25) is 0 Å². The molecule has 0 radical (unpaired) electrons. The first-order valence-corrected chi connectivity index (χ1v) is 6.27. The largest absolute Gasteiger partial charge is 0.383 e. The first-order chi connectivity index (χ1) is 9.22. The van der Waals surface area contributed by atoms with Crippen LogP contribution in [-0.2, 0) is 11.3 Å². The second-order valence-electron chi connectivity index (χ2n) is 4.47. The van der Waals surface area contributed by atoms with E-state index in [1.54, 1.807) is 11.8 Å². The van der Waals surface area contributed by atoms with Crippen LogP contribution in [0.5, 0.6) is 0 Å². The number of aromatic nitrogens is 4. The van der Waals surface area contributed by atoms with Gasteiger partial charge >= 0.3 is 0 Å². The molecule has 1 aromatic carbocycles. The minimum absolute atomic E-state index is 0.615. The number of ether oxygens (including phenoxy) is 1. The molecule has 19 heavy (non-hydrogen) atoms. The Morgan fingerprint density at radius 1 is 1.32 bits per heavy atom. The van der Waals surface area contributed by atoms with Crippen LogP contribution < -0.4 is 5.32 Å². The van der Waals surface area contributed by atoms with Crippen molar-refractivity contribution in [2.75, 3.05) is 20.3 Å². The summed E-state index contributed by atoms with van der Waals surface area (Å²) in [6.07, 6.45) is 0. The van der Waals surface area contributed by atoms with Crippen molar-refractivity contribution < 1.29 is 4.74 Å². The number of hydrogen-bond donors (Lipinski definition) is 1. The Balaban J connectivity index is 2.14. The van der Waals surface area contributed by atoms with Crippen LogP contribution in [0.25, 0.3) is 5.69 Å². The zero-order valence-corrected chi connectivity index (χ0v) is 11.6. The van der Waals surface area contributed by atoms with Gasteiger partial charge in [0, 0.05) is 13.7 Å². The van der Waals surface area contributed by atoms with Gasteiger partial charge in [0.05, 0.1) is 18.8 Å². The average molecular weight is 261 g/mol. The van der Waals surface area contributed by atoms with Crippen molar-refractivity contribution in [2.45, 2.75) is 20.4 Å². The number of benzene rings is 1. The maximum atomic E-state index is 4.99. The standard InChI is InChI=1S/C13H19N5O/c1-10-4-5-12(11(2)8-10)18-13(15-16-17-18)9-14-6-7-19-3/h4-5,8,14H,6-7,9H2,1-3H3. The summed E-state index contributed by atoms with van der Waals surface area (Å²) < 4.78 is 6.76. The summed E-state index contributed by atoms with van der Waals surface area (Å²) >= 11 is 0. The minimum atomic E-state index is 0.615. The molecule has 0 spiro atoms. The summed E-state index contributed by atoms with van der Waals surface area (Å²) in [5.74, 6) is 0.794. The Labute approximate surface area is 112 Å². The van der Waals surface area contributed by atoms with Gasteiger partial charge in [0.15, 0.2) is 5.82 Å². The molecule has 1 aromatic heterocycles. The van der Waals surface area contributed by atoms with E-state index in [-0.39, 0.29) is 0 Å². The molecule has 0 fully saturated rings. The lowest BCUT2D eigenvalue weighted by molar-refractivity contribution is 0.199. The number of methoxy groups -OCH3 is 1. The van der Waals surface area contributed by atoms with Crippen molar-refractivity contribution in [2.24, 2.45) is 0 Å². The highest BCUT2D eigenvalue weighted by Gasteiger charge is 2.09. The molecule has 0 aliphatic heterocycles. The maximum absolute atomic E-state index is 4.99. The topological polar surface area (TPSA) is 64.9 Å². The predicted molar refractivity (Wildman–Crippen MR) is 72.2 cm³/mol. The Bertz CT molecular complexity index is 538. The smallest absolute Gasteiger partial charge is 0.170 e. The third-order valence-electron chi connectivity index (χ3n) is 2.88. The maximum Gasteiger partial charge on any atom is 0.170 e. The fraction of sp³-hybridized carbons (Fsp3) is 0.462. The second kappa shape index (κ2) is 6.40. The average Bonchev–Trinajstić information content (AvgIpc) is 2.83. The van der Waals surface area contributed by atoms with E-state index in [4.69, 9.17) is 4.74 Å². The lowest BCUT2D eigenvalue weighted by Gasteiger charge is -2.09. The van der Waals surface area contributed by atoms with Gasteiger partial charge in [-0.1, -0.05) is 17.7 Å². The highest BCUT2D eigenvalue weighted by Crippen LogP contribution is 2.15. The highest BCUT2D eigenvalue weighted by molar-refractivity contribution is 5.42. The van der Waals surface area contributed by atoms with Crippen LogP contribution in [0.4, 0.5) is 0 Å². The Kier molecular flexibility index (Phi) is 4.59. The van der Waals surface area contributed by atoms with Gasteiger partial charge in [-0.2, -0.15) is 4.68 Å². The molecule has 2 rings (SSSR count). The van der Waals surface area contributed by atoms with Gasteiger partial charge < -0.3 is 10.1 Å². The van der Waals surface area contributed by atoms with Gasteiger partial charge in [-0.05, 0) is 35.9 Å². The summed E-state index contributed by atoms with van der Waals surface area (Å²) in [6, 6.07) is 6.23. The van der Waals surface area contributed by atoms with Crippen LogP contribution in [-0.4, -0.2) is 40.5 Å². The second-order valence-corrected chi connectivity index (χ2v) is 4.47. The van der Waals surface area contributed by atoms with E-state index >= 15 is 0 Å². The third kappa shape index (κ3) is 3.36. The highest BCUT2D eigenvalue weighted by atomic mass is 16.5. The monoisotopic (exact) mass is 261 g/mol. The molecule has 0 unspecified atom stereocenters. The van der Waals surface area contributed by atoms with Crippen LogP contribution in [0.2, 0.25) is 0 Å². The zero-order chi connectivity index (χ0) is 13.7. The molecule has 6 nitrogen and oxygen atoms in total. The van der Waals surface area contributed by atoms with E-state index in [2.05, 4.69) is 46.8 Å². The number of tetrazole rings is 1. The van der Waals surface area contributed by atoms with Crippen molar-refractivity contribution in [3.63, 3.8) is 0 Å². The first kappa shape index (κ1) is 13.6. The number of aryl methyl sites for hydroxylation is 2. The summed E-state index contributed by atoms with van der Waals surface area (Å²) in [5.41, 5.74) is 3.40. The van der Waals surface area contributed by atoms with Crippen LogP contribution in [0.1, 0.15) is 17.0 Å². The lowest BCUT2D eigenvalue weighted by Crippen LogP contribution is -2.21. The van der Waals surface area contributed by atoms with Gasteiger partial charge in [-0.15, -0.1) is 5.10 Å². The summed E-state index contributed by atoms with van der Waals surface area (Å²) in [5, 5.41) is 15.1. The molecule has 0 atom stereocenters. The Hall–Kier alpha value is -1.79. The van der Waals surface area contributed by atoms with E-state index in [0.29, 0.717) is 13.2 Å². The van der Waals surface area contributed by atoms with E-state index < -0.39 is 0 Å². The van der Waals surface area contributed by atoms with Crippen molar-refractivity contribution in [1.82, 2.24) is 25.5 Å². The molecule has 0 bridgehead atoms. The molecule has 6 heteroatoms. The Morgan fingerprint density at radius 2 is 2.16 bits per heavy atom. The molecule has 102 valence electrons. The molecule has 1 N–H and O–H groups in total. The fourth-order valence-corrected chi connectivity index (χ4v) is 1.92. The molecule has 0 aliphatic carbocycles. The summed E-state index contributed by atoms with van der Waals surface area (Å²) in [6.45, 7) is 6.20. The summed E-state index contributed by atoms with van der Waals surface area (Å²) in [7, 11) is 1.68. The van der Waals surface area contributed by atoms with E-state index in [9.17, 15) is 0 Å². The molecule has 0 saturated carbocycles. The van der Waals surface area contributed by atoms with E-state index in [1.807, 2.05) is 6.07 Å². The number of hydrogen-bond acceptors (Lipinski definition) is 5. The van der Waals surface area contributed by atoms with Crippen LogP contribution in [0.3, 0.4) is 0 Å². The minimum Gasteiger partial charge on any atom is -0.383 e. The normalized spacial score (nSPS) is 10.9. The van der Waals surface area contributed by atoms with Crippen molar-refractivity contribution in [1.29, 1.82) is 0 Å². The van der Waals surface area contributed by atoms with Crippen LogP contribution >= 0.6 is 0 Å². The fourth-order valence-electron chi connectivity index (χ4n) is 1.92. The van der Waals surface area contributed by atoms with Crippen molar-refractivity contribution in [3.05, 3.63) is 35.2 Å². The van der Waals surface area contributed by atoms with Crippen molar-refractivity contribution in [3.8, 4) is 5.69 Å². The first-order valence-electron chi connectivity index (χ1n) is 6.27. The van der Waals surface area contributed by atoms with E-state index in [0.717, 1.165) is 23.6 Å². The SMILES string of the molecule is COCCNCc1nnnn1-c1ccc(C)cc1C. The molecular formula is C13H19N5O. The summed E-state index contributed by atoms with van der Waals surface area (Å²) in [4.78, 5) is 0. The van der Waals surface area contributed by atoms with Crippen molar-refractivity contribution >= 4 is 0 Å². The van der Waals surface area contributed by atoms with Gasteiger partial charge in [-0.3, -0.25) is 0 Å². The van der Waals surface area contributed by atoms with Crippen LogP contribution in [0, 0.1) is 13.8 Å². The third-order valence-corrected chi connectivity index (χ3v) is 2.88. The number of nitrogens with one attached hydrogen (secondary N) is 1. The van der Waals surface area contributed by atoms with Crippen LogP contribution in [0.15, 0.2) is 18.2 Å². The molecular weight excluding hydrogens is 242 g/mol. The van der Waals surface area contributed by atoms with Gasteiger partial charge in [-0.25, -0.2) is 0 Å². The lowest BCUT2D eigenvalue weighted by atomic mass is 10.1. The molecule has 2 aromatic rings. The molecule has 0 aliphatic rings. The zero-order valence-electron chi connectivity index (χ0n) is 11.6. The molecule has 0 amide bonds. The number of rotatable bonds is 6. The van der Waals surface area contributed by atoms with Gasteiger partial charge in [0.1, 0.15) is 0 Å². The Morgan fingerprint density at radius 3 is 2.89 bits per heavy atom.